The van der Waals surface area contributed by atoms with Gasteiger partial charge in [-0.25, -0.2) is 0 Å². The predicted molar refractivity (Wildman–Crippen MR) is 136 cm³/mol. The fourth-order valence-electron chi connectivity index (χ4n) is 4.60. The maximum atomic E-state index is 13.6. The van der Waals surface area contributed by atoms with Crippen LogP contribution in [0.4, 0.5) is 0 Å². The second kappa shape index (κ2) is 7.85. The highest BCUT2D eigenvalue weighted by Gasteiger charge is 2.22. The molecule has 0 aliphatic heterocycles. The highest BCUT2D eigenvalue weighted by Crippen LogP contribution is 2.43. The van der Waals surface area contributed by atoms with Crippen molar-refractivity contribution < 1.29 is 19.4 Å². The normalized spacial score (nSPS) is 11.3. The lowest BCUT2D eigenvalue weighted by atomic mass is 9.92. The van der Waals surface area contributed by atoms with Crippen molar-refractivity contribution in [3.8, 4) is 22.6 Å². The number of phenolic OH excluding ortho intramolecular Hbond substituents is 2. The molecule has 0 amide bonds. The zero-order valence-electron chi connectivity index (χ0n) is 18.4. The molecule has 0 atom stereocenters. The largest absolute Gasteiger partial charge is 0.507 e. The lowest BCUT2D eigenvalue weighted by Crippen LogP contribution is -2.05. The highest BCUT2D eigenvalue weighted by atomic mass is 16.3. The van der Waals surface area contributed by atoms with Crippen LogP contribution in [0.15, 0.2) is 106 Å². The van der Waals surface area contributed by atoms with Gasteiger partial charge < -0.3 is 14.6 Å². The highest BCUT2D eigenvalue weighted by molar-refractivity contribution is 6.19. The van der Waals surface area contributed by atoms with E-state index in [2.05, 4.69) is 0 Å². The summed E-state index contributed by atoms with van der Waals surface area (Å²) in [4.78, 5) is 26.8. The van der Waals surface area contributed by atoms with Crippen LogP contribution in [0.1, 0.15) is 15.9 Å². The molecule has 168 valence electrons. The van der Waals surface area contributed by atoms with E-state index in [4.69, 9.17) is 4.42 Å². The third-order valence-corrected chi connectivity index (χ3v) is 6.28. The van der Waals surface area contributed by atoms with Gasteiger partial charge in [0, 0.05) is 16.3 Å². The summed E-state index contributed by atoms with van der Waals surface area (Å²) in [6.07, 6.45) is 0. The predicted octanol–water partition coefficient (Wildman–Crippen LogP) is 6.41. The molecule has 0 bridgehead atoms. The monoisotopic (exact) mass is 458 g/mol. The molecule has 6 rings (SSSR count). The molecule has 6 aromatic rings. The number of benzene rings is 5. The van der Waals surface area contributed by atoms with Crippen molar-refractivity contribution in [2.24, 2.45) is 0 Å². The van der Waals surface area contributed by atoms with E-state index in [9.17, 15) is 19.8 Å². The molecule has 0 fully saturated rings. The third-order valence-electron chi connectivity index (χ3n) is 6.28. The van der Waals surface area contributed by atoms with Gasteiger partial charge in [0.2, 0.25) is 5.43 Å². The van der Waals surface area contributed by atoms with E-state index >= 15 is 0 Å². The van der Waals surface area contributed by atoms with Crippen LogP contribution in [0, 0.1) is 0 Å². The zero-order valence-corrected chi connectivity index (χ0v) is 18.4. The number of carbonyl (C=O) groups is 1. The number of rotatable bonds is 3. The number of aromatic hydroxyl groups is 2. The van der Waals surface area contributed by atoms with E-state index in [0.29, 0.717) is 38.3 Å². The fraction of sp³-hybridized carbons (Fsp3) is 0. The first kappa shape index (κ1) is 20.7. The van der Waals surface area contributed by atoms with E-state index in [1.807, 2.05) is 30.3 Å². The van der Waals surface area contributed by atoms with Crippen LogP contribution in [-0.2, 0) is 0 Å². The summed E-state index contributed by atoms with van der Waals surface area (Å²) in [5.41, 5.74) is 1.97. The van der Waals surface area contributed by atoms with Gasteiger partial charge in [0.1, 0.15) is 17.1 Å². The second-order valence-corrected chi connectivity index (χ2v) is 8.33. The van der Waals surface area contributed by atoms with Gasteiger partial charge in [-0.3, -0.25) is 9.59 Å². The number of para-hydroxylation sites is 2. The van der Waals surface area contributed by atoms with Crippen molar-refractivity contribution in [3.05, 3.63) is 118 Å². The molecule has 5 heteroatoms. The molecule has 1 aromatic heterocycles. The molecule has 2 N–H and O–H groups in total. The smallest absolute Gasteiger partial charge is 0.201 e. The van der Waals surface area contributed by atoms with Crippen molar-refractivity contribution in [1.82, 2.24) is 0 Å². The minimum Gasteiger partial charge on any atom is -0.507 e. The number of carbonyl (C=O) groups excluding carboxylic acids is 1. The van der Waals surface area contributed by atoms with E-state index in [-0.39, 0.29) is 33.6 Å². The van der Waals surface area contributed by atoms with Gasteiger partial charge in [-0.15, -0.1) is 0 Å². The van der Waals surface area contributed by atoms with Crippen molar-refractivity contribution >= 4 is 38.5 Å². The minimum atomic E-state index is -0.392. The number of ketones is 1. The number of hydrogen-bond donors (Lipinski definition) is 2. The average Bonchev–Trinajstić information content (AvgIpc) is 2.89. The van der Waals surface area contributed by atoms with E-state index in [1.165, 1.54) is 12.1 Å². The van der Waals surface area contributed by atoms with E-state index < -0.39 is 5.78 Å². The number of hydrogen-bond acceptors (Lipinski definition) is 5. The van der Waals surface area contributed by atoms with E-state index in [1.54, 1.807) is 54.6 Å². The van der Waals surface area contributed by atoms with Crippen LogP contribution in [0.2, 0.25) is 0 Å². The Morgan fingerprint density at radius 3 is 2.23 bits per heavy atom. The van der Waals surface area contributed by atoms with Gasteiger partial charge in [0.05, 0.1) is 21.9 Å². The fourth-order valence-corrected chi connectivity index (χ4v) is 4.60. The van der Waals surface area contributed by atoms with Gasteiger partial charge in [-0.2, -0.15) is 0 Å². The Balaban J connectivity index is 1.74. The lowest BCUT2D eigenvalue weighted by molar-refractivity contribution is 0.103. The first-order valence-corrected chi connectivity index (χ1v) is 11.1. The second-order valence-electron chi connectivity index (χ2n) is 8.33. The van der Waals surface area contributed by atoms with Gasteiger partial charge in [-0.1, -0.05) is 66.7 Å². The van der Waals surface area contributed by atoms with Crippen LogP contribution < -0.4 is 5.43 Å². The van der Waals surface area contributed by atoms with Crippen molar-refractivity contribution in [2.45, 2.75) is 0 Å². The quantitative estimate of drug-likeness (QED) is 0.182. The van der Waals surface area contributed by atoms with Crippen molar-refractivity contribution in [2.75, 3.05) is 0 Å². The van der Waals surface area contributed by atoms with Gasteiger partial charge in [0.25, 0.3) is 0 Å². The first-order valence-electron chi connectivity index (χ1n) is 11.1. The van der Waals surface area contributed by atoms with Crippen LogP contribution >= 0.6 is 0 Å². The lowest BCUT2D eigenvalue weighted by Gasteiger charge is -2.14. The molecule has 5 aromatic carbocycles. The molecule has 0 saturated heterocycles. The Morgan fingerprint density at radius 1 is 0.714 bits per heavy atom. The van der Waals surface area contributed by atoms with Crippen LogP contribution in [0.25, 0.3) is 43.8 Å². The molecule has 0 saturated carbocycles. The van der Waals surface area contributed by atoms with E-state index in [0.717, 1.165) is 0 Å². The summed E-state index contributed by atoms with van der Waals surface area (Å²) in [6, 6.07) is 27.3. The zero-order chi connectivity index (χ0) is 24.1. The number of fused-ring (bicyclic) bond motifs is 4. The van der Waals surface area contributed by atoms with Crippen LogP contribution in [0.3, 0.4) is 0 Å². The van der Waals surface area contributed by atoms with Crippen LogP contribution in [-0.4, -0.2) is 16.0 Å². The molecule has 35 heavy (non-hydrogen) atoms. The van der Waals surface area contributed by atoms with Crippen molar-refractivity contribution in [3.63, 3.8) is 0 Å². The molecule has 1 heterocycles. The van der Waals surface area contributed by atoms with Gasteiger partial charge in [-0.05, 0) is 35.9 Å². The molecule has 5 nitrogen and oxygen atoms in total. The summed E-state index contributed by atoms with van der Waals surface area (Å²) in [5.74, 6) is -0.613. The van der Waals surface area contributed by atoms with Crippen molar-refractivity contribution in [1.29, 1.82) is 0 Å². The molecule has 0 aliphatic rings. The SMILES string of the molecule is O=C(c1ccc2c(c1)c(O)c(-c1ccccc1)c1oc3ccccc3c(=O)c12)c1ccccc1O. The third kappa shape index (κ3) is 3.17. The summed E-state index contributed by atoms with van der Waals surface area (Å²) < 4.78 is 6.20. The Morgan fingerprint density at radius 2 is 1.43 bits per heavy atom. The Labute approximate surface area is 199 Å². The Hall–Kier alpha value is -4.90. The van der Waals surface area contributed by atoms with Gasteiger partial charge in [0.15, 0.2) is 11.4 Å². The minimum absolute atomic E-state index is 0.0935. The first-order chi connectivity index (χ1) is 17.0. The molecule has 0 unspecified atom stereocenters. The topological polar surface area (TPSA) is 87.7 Å². The maximum Gasteiger partial charge on any atom is 0.201 e. The molecular weight excluding hydrogens is 440 g/mol. The Bertz CT molecular complexity index is 1850. The van der Waals surface area contributed by atoms with Gasteiger partial charge >= 0.3 is 0 Å². The standard InChI is InChI=1S/C30H18O5/c31-23-12-6-4-10-20(23)27(32)18-14-15-19-22(16-18)29(34)25(17-8-2-1-3-9-17)30-26(19)28(33)21-11-5-7-13-24(21)35-30/h1-16,31,34H. The maximum absolute atomic E-state index is 13.6. The average molecular weight is 458 g/mol. The van der Waals surface area contributed by atoms with Crippen LogP contribution in [0.5, 0.6) is 11.5 Å². The number of phenols is 2. The summed E-state index contributed by atoms with van der Waals surface area (Å²) in [5, 5.41) is 23.2. The molecule has 0 spiro atoms. The Kier molecular flexibility index (Phi) is 4.64. The molecular formula is C30H18O5. The molecule has 0 aliphatic carbocycles. The summed E-state index contributed by atoms with van der Waals surface area (Å²) in [7, 11) is 0. The summed E-state index contributed by atoms with van der Waals surface area (Å²) in [6.45, 7) is 0. The summed E-state index contributed by atoms with van der Waals surface area (Å²) >= 11 is 0. The molecule has 0 radical (unpaired) electrons.